The fourth-order valence-electron chi connectivity index (χ4n) is 2.62. The van der Waals surface area contributed by atoms with Crippen LogP contribution in [0.1, 0.15) is 5.56 Å². The lowest BCUT2D eigenvalue weighted by Crippen LogP contribution is -2.47. The molecule has 0 aliphatic carbocycles. The third-order valence-corrected chi connectivity index (χ3v) is 6.45. The predicted molar refractivity (Wildman–Crippen MR) is 121 cm³/mol. The van der Waals surface area contributed by atoms with Crippen LogP contribution in [0.5, 0.6) is 0 Å². The molecule has 0 heterocycles. The van der Waals surface area contributed by atoms with Crippen LogP contribution >= 0.6 is 23.2 Å². The average molecular weight is 478 g/mol. The Balaban J connectivity index is 1.93. The number of imide groups is 1. The van der Waals surface area contributed by atoms with Crippen molar-refractivity contribution in [3.05, 3.63) is 88.4 Å². The van der Waals surface area contributed by atoms with Gasteiger partial charge < -0.3 is 5.32 Å². The number of aryl methyl sites for hydroxylation is 1. The van der Waals surface area contributed by atoms with E-state index in [0.29, 0.717) is 9.33 Å². The van der Waals surface area contributed by atoms with E-state index in [1.54, 1.807) is 37.3 Å². The standard InChI is InChI=1S/C21H17Cl2N3O4S/c1-14-6-12-17(13-7-14)31(29,30)26(16-10-8-15(22)9-11-16)21(28)25-20(27)24-19-5-3-2-4-18(19)23/h2-13H,1H3,(H2,24,25,27,28). The summed E-state index contributed by atoms with van der Waals surface area (Å²) in [5.74, 6) is 0. The topological polar surface area (TPSA) is 95.6 Å². The SMILES string of the molecule is Cc1ccc(S(=O)(=O)N(C(=O)NC(=O)Nc2ccccc2Cl)c2ccc(Cl)cc2)cc1. The number of nitrogens with one attached hydrogen (secondary N) is 2. The van der Waals surface area contributed by atoms with Gasteiger partial charge in [0.25, 0.3) is 10.0 Å². The summed E-state index contributed by atoms with van der Waals surface area (Å²) >= 11 is 11.9. The van der Waals surface area contributed by atoms with Crippen LogP contribution in [-0.4, -0.2) is 20.5 Å². The van der Waals surface area contributed by atoms with Crippen molar-refractivity contribution < 1.29 is 18.0 Å². The second-order valence-electron chi connectivity index (χ2n) is 6.42. The number of carbonyl (C=O) groups is 2. The molecule has 160 valence electrons. The Morgan fingerprint density at radius 1 is 0.871 bits per heavy atom. The van der Waals surface area contributed by atoms with Gasteiger partial charge >= 0.3 is 12.1 Å². The van der Waals surface area contributed by atoms with Crippen LogP contribution in [0, 0.1) is 6.92 Å². The van der Waals surface area contributed by atoms with E-state index in [-0.39, 0.29) is 21.3 Å². The van der Waals surface area contributed by atoms with Crippen molar-refractivity contribution in [2.75, 3.05) is 9.62 Å². The van der Waals surface area contributed by atoms with Crippen LogP contribution in [0.4, 0.5) is 21.0 Å². The van der Waals surface area contributed by atoms with E-state index in [0.717, 1.165) is 5.56 Å². The number of carbonyl (C=O) groups excluding carboxylic acids is 2. The molecular weight excluding hydrogens is 461 g/mol. The van der Waals surface area contributed by atoms with Crippen molar-refractivity contribution in [2.45, 2.75) is 11.8 Å². The molecular formula is C21H17Cl2N3O4S. The normalized spacial score (nSPS) is 10.9. The van der Waals surface area contributed by atoms with Crippen molar-refractivity contribution >= 4 is 56.7 Å². The predicted octanol–water partition coefficient (Wildman–Crippen LogP) is 5.44. The second-order valence-corrected chi connectivity index (χ2v) is 9.05. The summed E-state index contributed by atoms with van der Waals surface area (Å²) < 4.78 is 27.0. The first-order valence-corrected chi connectivity index (χ1v) is 11.1. The van der Waals surface area contributed by atoms with Gasteiger partial charge in [-0.05, 0) is 55.5 Å². The number of hydrogen-bond donors (Lipinski definition) is 2. The number of nitrogens with zero attached hydrogens (tertiary/aromatic N) is 1. The number of sulfonamides is 1. The minimum atomic E-state index is -4.34. The monoisotopic (exact) mass is 477 g/mol. The molecule has 2 N–H and O–H groups in total. The molecule has 10 heteroatoms. The number of rotatable bonds is 4. The highest BCUT2D eigenvalue weighted by Gasteiger charge is 2.32. The molecule has 0 radical (unpaired) electrons. The summed E-state index contributed by atoms with van der Waals surface area (Å²) in [6, 6.07) is 15.9. The lowest BCUT2D eigenvalue weighted by atomic mass is 10.2. The van der Waals surface area contributed by atoms with Crippen molar-refractivity contribution in [3.63, 3.8) is 0 Å². The zero-order valence-corrected chi connectivity index (χ0v) is 18.5. The molecule has 31 heavy (non-hydrogen) atoms. The van der Waals surface area contributed by atoms with E-state index in [1.165, 1.54) is 42.5 Å². The first-order valence-electron chi connectivity index (χ1n) is 8.92. The Morgan fingerprint density at radius 3 is 2.10 bits per heavy atom. The molecule has 3 rings (SSSR count). The lowest BCUT2D eigenvalue weighted by Gasteiger charge is -2.23. The van der Waals surface area contributed by atoms with E-state index in [9.17, 15) is 18.0 Å². The summed E-state index contributed by atoms with van der Waals surface area (Å²) in [6.07, 6.45) is 0. The fourth-order valence-corrected chi connectivity index (χ4v) is 4.28. The Bertz CT molecular complexity index is 1210. The van der Waals surface area contributed by atoms with E-state index in [2.05, 4.69) is 5.32 Å². The zero-order valence-electron chi connectivity index (χ0n) is 16.2. The minimum absolute atomic E-state index is 0.00742. The minimum Gasteiger partial charge on any atom is -0.306 e. The molecule has 0 bridgehead atoms. The first-order chi connectivity index (χ1) is 14.7. The van der Waals surface area contributed by atoms with E-state index >= 15 is 0 Å². The Morgan fingerprint density at radius 2 is 1.48 bits per heavy atom. The maximum absolute atomic E-state index is 13.2. The van der Waals surface area contributed by atoms with Crippen molar-refractivity contribution in [1.82, 2.24) is 5.32 Å². The van der Waals surface area contributed by atoms with Crippen LogP contribution in [0.3, 0.4) is 0 Å². The number of halogens is 2. The number of hydrogen-bond acceptors (Lipinski definition) is 4. The largest absolute Gasteiger partial charge is 0.344 e. The summed E-state index contributed by atoms with van der Waals surface area (Å²) in [5, 5.41) is 5.04. The van der Waals surface area contributed by atoms with Crippen LogP contribution in [0.2, 0.25) is 10.0 Å². The molecule has 3 aromatic rings. The van der Waals surface area contributed by atoms with E-state index in [4.69, 9.17) is 23.2 Å². The molecule has 0 fully saturated rings. The van der Waals surface area contributed by atoms with Gasteiger partial charge in [-0.3, -0.25) is 5.32 Å². The third kappa shape index (κ3) is 5.35. The van der Waals surface area contributed by atoms with Gasteiger partial charge in [-0.2, -0.15) is 4.31 Å². The maximum Gasteiger partial charge on any atom is 0.344 e. The fraction of sp³-hybridized carbons (Fsp3) is 0.0476. The third-order valence-electron chi connectivity index (χ3n) is 4.15. The number of urea groups is 2. The average Bonchev–Trinajstić information content (AvgIpc) is 2.71. The van der Waals surface area contributed by atoms with Crippen molar-refractivity contribution in [3.8, 4) is 0 Å². The quantitative estimate of drug-likeness (QED) is 0.522. The van der Waals surface area contributed by atoms with E-state index < -0.39 is 22.1 Å². The van der Waals surface area contributed by atoms with Gasteiger partial charge in [0.2, 0.25) is 0 Å². The van der Waals surface area contributed by atoms with Gasteiger partial charge in [0.15, 0.2) is 0 Å². The number of amides is 4. The summed E-state index contributed by atoms with van der Waals surface area (Å²) in [6.45, 7) is 1.80. The molecule has 0 aliphatic heterocycles. The van der Waals surface area contributed by atoms with Crippen LogP contribution in [0.15, 0.2) is 77.7 Å². The number of benzene rings is 3. The second kappa shape index (κ2) is 9.38. The van der Waals surface area contributed by atoms with Gasteiger partial charge in [-0.1, -0.05) is 53.0 Å². The number of anilines is 2. The van der Waals surface area contributed by atoms with Crippen LogP contribution in [0.25, 0.3) is 0 Å². The van der Waals surface area contributed by atoms with Gasteiger partial charge in [-0.15, -0.1) is 0 Å². The molecule has 0 saturated carbocycles. The molecule has 0 saturated heterocycles. The highest BCUT2D eigenvalue weighted by Crippen LogP contribution is 2.26. The van der Waals surface area contributed by atoms with Crippen LogP contribution < -0.4 is 14.9 Å². The zero-order chi connectivity index (χ0) is 22.6. The Kier molecular flexibility index (Phi) is 6.84. The molecule has 4 amide bonds. The molecule has 0 unspecified atom stereocenters. The number of para-hydroxylation sites is 1. The molecule has 0 aromatic heterocycles. The van der Waals surface area contributed by atoms with Crippen molar-refractivity contribution in [1.29, 1.82) is 0 Å². The van der Waals surface area contributed by atoms with Gasteiger partial charge in [0.05, 0.1) is 21.3 Å². The van der Waals surface area contributed by atoms with Gasteiger partial charge in [-0.25, -0.2) is 18.0 Å². The van der Waals surface area contributed by atoms with Crippen molar-refractivity contribution in [2.24, 2.45) is 0 Å². The Labute approximate surface area is 189 Å². The lowest BCUT2D eigenvalue weighted by molar-refractivity contribution is 0.238. The summed E-state index contributed by atoms with van der Waals surface area (Å²) in [7, 11) is -4.34. The Hall–Kier alpha value is -3.07. The maximum atomic E-state index is 13.2. The molecule has 0 aliphatic rings. The molecule has 3 aromatic carbocycles. The summed E-state index contributed by atoms with van der Waals surface area (Å²) in [4.78, 5) is 25.1. The smallest absolute Gasteiger partial charge is 0.306 e. The molecule has 0 atom stereocenters. The molecule has 0 spiro atoms. The summed E-state index contributed by atoms with van der Waals surface area (Å²) in [5.41, 5.74) is 1.11. The van der Waals surface area contributed by atoms with Gasteiger partial charge in [0.1, 0.15) is 0 Å². The highest BCUT2D eigenvalue weighted by atomic mass is 35.5. The van der Waals surface area contributed by atoms with Gasteiger partial charge in [0, 0.05) is 5.02 Å². The molecule has 7 nitrogen and oxygen atoms in total. The van der Waals surface area contributed by atoms with Crippen LogP contribution in [-0.2, 0) is 10.0 Å². The van der Waals surface area contributed by atoms with E-state index in [1.807, 2.05) is 5.32 Å². The highest BCUT2D eigenvalue weighted by molar-refractivity contribution is 7.93. The first kappa shape index (κ1) is 22.6.